The Morgan fingerprint density at radius 3 is 2.59 bits per heavy atom. The van der Waals surface area contributed by atoms with E-state index in [1.165, 1.54) is 0 Å². The average Bonchev–Trinajstić information content (AvgIpc) is 3.17. The van der Waals surface area contributed by atoms with Gasteiger partial charge in [0.15, 0.2) is 11.5 Å². The molecule has 6 heteroatoms. The summed E-state index contributed by atoms with van der Waals surface area (Å²) in [6.07, 6.45) is 2.03. The molecule has 3 N–H and O–H groups in total. The lowest BCUT2D eigenvalue weighted by molar-refractivity contribution is -0.122. The van der Waals surface area contributed by atoms with Crippen molar-refractivity contribution in [3.05, 3.63) is 59.8 Å². The fourth-order valence-corrected chi connectivity index (χ4v) is 3.67. The predicted molar refractivity (Wildman–Crippen MR) is 116 cm³/mol. The molecule has 0 radical (unpaired) electrons. The molecule has 0 bridgehead atoms. The number of fused-ring (bicyclic) bond motifs is 1. The van der Waals surface area contributed by atoms with Gasteiger partial charge in [-0.3, -0.25) is 4.79 Å². The summed E-state index contributed by atoms with van der Waals surface area (Å²) < 4.78 is 11.2. The number of nitrogens with one attached hydrogen (secondary N) is 3. The van der Waals surface area contributed by atoms with E-state index in [9.17, 15) is 4.79 Å². The van der Waals surface area contributed by atoms with Gasteiger partial charge in [-0.15, -0.1) is 0 Å². The smallest absolute Gasteiger partial charge is 0.236 e. The number of benzene rings is 2. The van der Waals surface area contributed by atoms with Crippen molar-refractivity contribution >= 4 is 16.8 Å². The molecule has 1 amide bonds. The van der Waals surface area contributed by atoms with E-state index in [0.29, 0.717) is 24.6 Å². The SMILES string of the molecule is CCNC(=O)[C@@H](C)NC[C@H](c1cccc(OC)c1OC)c1c[nH]c2ccccc12. The molecule has 2 atom stereocenters. The van der Waals surface area contributed by atoms with Crippen LogP contribution in [0.2, 0.25) is 0 Å². The summed E-state index contributed by atoms with van der Waals surface area (Å²) >= 11 is 0. The van der Waals surface area contributed by atoms with Gasteiger partial charge in [0.2, 0.25) is 5.91 Å². The summed E-state index contributed by atoms with van der Waals surface area (Å²) in [5.41, 5.74) is 3.22. The maximum Gasteiger partial charge on any atom is 0.236 e. The summed E-state index contributed by atoms with van der Waals surface area (Å²) in [5.74, 6) is 1.35. The highest BCUT2D eigenvalue weighted by atomic mass is 16.5. The van der Waals surface area contributed by atoms with E-state index in [2.05, 4.69) is 27.8 Å². The minimum Gasteiger partial charge on any atom is -0.493 e. The zero-order valence-electron chi connectivity index (χ0n) is 17.4. The molecule has 154 valence electrons. The second-order valence-electron chi connectivity index (χ2n) is 6.95. The molecule has 1 aromatic heterocycles. The fourth-order valence-electron chi connectivity index (χ4n) is 3.67. The van der Waals surface area contributed by atoms with Gasteiger partial charge < -0.3 is 25.1 Å². The second-order valence-corrected chi connectivity index (χ2v) is 6.95. The monoisotopic (exact) mass is 395 g/mol. The zero-order valence-corrected chi connectivity index (χ0v) is 17.4. The van der Waals surface area contributed by atoms with Crippen LogP contribution in [0.15, 0.2) is 48.7 Å². The number of aromatic amines is 1. The van der Waals surface area contributed by atoms with Crippen LogP contribution < -0.4 is 20.1 Å². The molecule has 0 saturated heterocycles. The molecule has 0 spiro atoms. The van der Waals surface area contributed by atoms with Crippen molar-refractivity contribution in [1.29, 1.82) is 0 Å². The van der Waals surface area contributed by atoms with Gasteiger partial charge in [-0.2, -0.15) is 0 Å². The molecule has 0 fully saturated rings. The van der Waals surface area contributed by atoms with Crippen LogP contribution in [0, 0.1) is 0 Å². The van der Waals surface area contributed by atoms with Gasteiger partial charge in [0, 0.05) is 41.7 Å². The highest BCUT2D eigenvalue weighted by Crippen LogP contribution is 2.40. The topological polar surface area (TPSA) is 75.4 Å². The Morgan fingerprint density at radius 2 is 1.86 bits per heavy atom. The molecule has 3 rings (SSSR count). The first-order valence-corrected chi connectivity index (χ1v) is 9.88. The van der Waals surface area contributed by atoms with E-state index in [4.69, 9.17) is 9.47 Å². The molecular formula is C23H29N3O3. The number of ether oxygens (including phenoxy) is 2. The maximum atomic E-state index is 12.2. The van der Waals surface area contributed by atoms with Crippen LogP contribution in [0.25, 0.3) is 10.9 Å². The van der Waals surface area contributed by atoms with Crippen LogP contribution in [-0.2, 0) is 4.79 Å². The maximum absolute atomic E-state index is 12.2. The first kappa shape index (κ1) is 20.7. The number of carbonyl (C=O) groups is 1. The van der Waals surface area contributed by atoms with Crippen LogP contribution in [0.1, 0.15) is 30.9 Å². The minimum atomic E-state index is -0.306. The molecule has 6 nitrogen and oxygen atoms in total. The number of hydrogen-bond donors (Lipinski definition) is 3. The summed E-state index contributed by atoms with van der Waals surface area (Å²) in [4.78, 5) is 15.5. The third-order valence-electron chi connectivity index (χ3n) is 5.18. The summed E-state index contributed by atoms with van der Waals surface area (Å²) in [6, 6.07) is 13.8. The molecule has 1 heterocycles. The number of para-hydroxylation sites is 2. The Hall–Kier alpha value is -2.99. The minimum absolute atomic E-state index is 0.0113. The van der Waals surface area contributed by atoms with E-state index in [1.54, 1.807) is 14.2 Å². The van der Waals surface area contributed by atoms with Crippen LogP contribution in [0.4, 0.5) is 0 Å². The van der Waals surface area contributed by atoms with E-state index in [1.807, 2.05) is 50.4 Å². The molecule has 3 aromatic rings. The van der Waals surface area contributed by atoms with Gasteiger partial charge in [0.25, 0.3) is 0 Å². The lowest BCUT2D eigenvalue weighted by atomic mass is 9.89. The van der Waals surface area contributed by atoms with Gasteiger partial charge >= 0.3 is 0 Å². The lowest BCUT2D eigenvalue weighted by Crippen LogP contribution is -2.43. The number of amides is 1. The Morgan fingerprint density at radius 1 is 1.07 bits per heavy atom. The van der Waals surface area contributed by atoms with Gasteiger partial charge in [-0.05, 0) is 31.5 Å². The number of H-pyrrole nitrogens is 1. The molecule has 0 aliphatic rings. The fraction of sp³-hybridized carbons (Fsp3) is 0.348. The third kappa shape index (κ3) is 4.38. The standard InChI is InChI=1S/C23H29N3O3/c1-5-24-23(27)15(2)25-13-19(17-10-8-12-21(28-3)22(17)29-4)18-14-26-20-11-7-6-9-16(18)20/h6-12,14-15,19,25-26H,5,13H2,1-4H3,(H,24,27)/t15-,19-/m1/s1. The highest BCUT2D eigenvalue weighted by Gasteiger charge is 2.25. The van der Waals surface area contributed by atoms with Crippen molar-refractivity contribution in [2.45, 2.75) is 25.8 Å². The number of rotatable bonds is 9. The van der Waals surface area contributed by atoms with E-state index >= 15 is 0 Å². The van der Waals surface area contributed by atoms with Crippen LogP contribution in [0.3, 0.4) is 0 Å². The zero-order chi connectivity index (χ0) is 20.8. The van der Waals surface area contributed by atoms with Crippen molar-refractivity contribution in [3.63, 3.8) is 0 Å². The Labute approximate surface area is 171 Å². The number of carbonyl (C=O) groups excluding carboxylic acids is 1. The van der Waals surface area contributed by atoms with Gasteiger partial charge in [0.1, 0.15) is 0 Å². The van der Waals surface area contributed by atoms with Gasteiger partial charge in [-0.25, -0.2) is 0 Å². The van der Waals surface area contributed by atoms with Crippen molar-refractivity contribution in [2.75, 3.05) is 27.3 Å². The van der Waals surface area contributed by atoms with Crippen LogP contribution >= 0.6 is 0 Å². The molecule has 0 saturated carbocycles. The predicted octanol–water partition coefficient (Wildman–Crippen LogP) is 3.43. The van der Waals surface area contributed by atoms with Gasteiger partial charge in [0.05, 0.1) is 20.3 Å². The van der Waals surface area contributed by atoms with Gasteiger partial charge in [-0.1, -0.05) is 30.3 Å². The first-order valence-electron chi connectivity index (χ1n) is 9.88. The molecule has 29 heavy (non-hydrogen) atoms. The molecule has 2 aromatic carbocycles. The summed E-state index contributed by atoms with van der Waals surface area (Å²) in [6.45, 7) is 4.98. The third-order valence-corrected chi connectivity index (χ3v) is 5.18. The Bertz CT molecular complexity index is 967. The number of methoxy groups -OCH3 is 2. The van der Waals surface area contributed by atoms with Crippen molar-refractivity contribution < 1.29 is 14.3 Å². The molecule has 0 unspecified atom stereocenters. The van der Waals surface area contributed by atoms with E-state index in [-0.39, 0.29) is 17.9 Å². The molecule has 0 aliphatic carbocycles. The second kappa shape index (κ2) is 9.47. The molecular weight excluding hydrogens is 366 g/mol. The molecule has 0 aliphatic heterocycles. The van der Waals surface area contributed by atoms with E-state index in [0.717, 1.165) is 22.0 Å². The number of aromatic nitrogens is 1. The van der Waals surface area contributed by atoms with Crippen molar-refractivity contribution in [1.82, 2.24) is 15.6 Å². The Balaban J connectivity index is 2.02. The lowest BCUT2D eigenvalue weighted by Gasteiger charge is -2.23. The Kier molecular flexibility index (Phi) is 6.77. The first-order chi connectivity index (χ1) is 14.1. The van der Waals surface area contributed by atoms with Crippen molar-refractivity contribution in [3.8, 4) is 11.5 Å². The van der Waals surface area contributed by atoms with E-state index < -0.39 is 0 Å². The largest absolute Gasteiger partial charge is 0.493 e. The normalized spacial score (nSPS) is 13.1. The number of likely N-dealkylation sites (N-methyl/N-ethyl adjacent to an activating group) is 1. The summed E-state index contributed by atoms with van der Waals surface area (Å²) in [5, 5.41) is 7.39. The van der Waals surface area contributed by atoms with Crippen LogP contribution in [-0.4, -0.2) is 44.2 Å². The van der Waals surface area contributed by atoms with Crippen molar-refractivity contribution in [2.24, 2.45) is 0 Å². The average molecular weight is 396 g/mol. The number of hydrogen-bond acceptors (Lipinski definition) is 4. The van der Waals surface area contributed by atoms with Crippen LogP contribution in [0.5, 0.6) is 11.5 Å². The quantitative estimate of drug-likeness (QED) is 0.519. The highest BCUT2D eigenvalue weighted by molar-refractivity contribution is 5.84. The summed E-state index contributed by atoms with van der Waals surface area (Å²) in [7, 11) is 3.29.